The number of hydrogen-bond donors (Lipinski definition) is 1. The van der Waals surface area contributed by atoms with Gasteiger partial charge in [-0.1, -0.05) is 39.7 Å². The molecule has 2 rings (SSSR count). The molecular weight excluding hydrogens is 385 g/mol. The van der Waals surface area contributed by atoms with Crippen LogP contribution in [0.25, 0.3) is 0 Å². The predicted molar refractivity (Wildman–Crippen MR) is 99.4 cm³/mol. The molecule has 0 aliphatic carbocycles. The lowest BCUT2D eigenvalue weighted by Crippen LogP contribution is -2.17. The predicted octanol–water partition coefficient (Wildman–Crippen LogP) is 5.26. The second-order valence-corrected chi connectivity index (χ2v) is 6.09. The van der Waals surface area contributed by atoms with Crippen LogP contribution in [0.15, 0.2) is 46.9 Å². The van der Waals surface area contributed by atoms with Crippen LogP contribution in [0.5, 0.6) is 5.75 Å². The third-order valence-electron chi connectivity index (χ3n) is 3.14. The minimum absolute atomic E-state index is 0. The van der Waals surface area contributed by atoms with E-state index in [-0.39, 0.29) is 12.4 Å². The molecule has 0 aliphatic rings. The Morgan fingerprint density at radius 1 is 1.14 bits per heavy atom. The van der Waals surface area contributed by atoms with Crippen LogP contribution >= 0.6 is 39.9 Å². The van der Waals surface area contributed by atoms with Crippen molar-refractivity contribution in [3.8, 4) is 5.75 Å². The molecule has 0 aliphatic heterocycles. The number of rotatable bonds is 7. The van der Waals surface area contributed by atoms with Gasteiger partial charge in [0.25, 0.3) is 0 Å². The Balaban J connectivity index is 0.00000242. The van der Waals surface area contributed by atoms with Crippen LogP contribution in [0, 0.1) is 0 Å². The summed E-state index contributed by atoms with van der Waals surface area (Å²) in [6, 6.07) is 14.1. The van der Waals surface area contributed by atoms with Gasteiger partial charge in [-0.2, -0.15) is 0 Å². The van der Waals surface area contributed by atoms with Crippen molar-refractivity contribution < 1.29 is 4.74 Å². The number of hydrogen-bond acceptors (Lipinski definition) is 2. The minimum Gasteiger partial charge on any atom is -0.494 e. The summed E-state index contributed by atoms with van der Waals surface area (Å²) in [6.45, 7) is 4.39. The minimum atomic E-state index is 0. The van der Waals surface area contributed by atoms with Gasteiger partial charge in [0, 0.05) is 21.6 Å². The maximum Gasteiger partial charge on any atom is 0.123 e. The monoisotopic (exact) mass is 403 g/mol. The lowest BCUT2D eigenvalue weighted by molar-refractivity contribution is 0.335. The van der Waals surface area contributed by atoms with Gasteiger partial charge in [0.15, 0.2) is 0 Å². The molecule has 2 nitrogen and oxygen atoms in total. The first-order valence-corrected chi connectivity index (χ1v) is 8.22. The van der Waals surface area contributed by atoms with Gasteiger partial charge in [0.1, 0.15) is 5.75 Å². The zero-order chi connectivity index (χ0) is 15.1. The average molecular weight is 405 g/mol. The molecule has 0 saturated carbocycles. The Hall–Kier alpha value is -0.740. The summed E-state index contributed by atoms with van der Waals surface area (Å²) in [7, 11) is 0. The van der Waals surface area contributed by atoms with Crippen LogP contribution in [0.2, 0.25) is 5.02 Å². The lowest BCUT2D eigenvalue weighted by atomic mass is 10.1. The molecule has 0 atom stereocenters. The summed E-state index contributed by atoms with van der Waals surface area (Å²) in [4.78, 5) is 0. The highest BCUT2D eigenvalue weighted by molar-refractivity contribution is 9.10. The molecule has 0 fully saturated rings. The summed E-state index contributed by atoms with van der Waals surface area (Å²) in [5.74, 6) is 0.944. The third-order valence-corrected chi connectivity index (χ3v) is 3.89. The summed E-state index contributed by atoms with van der Waals surface area (Å²) in [5, 5.41) is 4.24. The van der Waals surface area contributed by atoms with Gasteiger partial charge in [-0.05, 0) is 55.8 Å². The van der Waals surface area contributed by atoms with E-state index in [1.165, 1.54) is 11.1 Å². The molecule has 120 valence electrons. The van der Waals surface area contributed by atoms with Crippen LogP contribution < -0.4 is 10.1 Å². The molecular formula is C17H20BrCl2NO. The van der Waals surface area contributed by atoms with Gasteiger partial charge in [-0.15, -0.1) is 12.4 Å². The highest BCUT2D eigenvalue weighted by Gasteiger charge is 2.04. The van der Waals surface area contributed by atoms with E-state index in [4.69, 9.17) is 16.3 Å². The second kappa shape index (κ2) is 10.1. The number of nitrogens with one attached hydrogen (secondary N) is 1. The summed E-state index contributed by atoms with van der Waals surface area (Å²) >= 11 is 9.39. The van der Waals surface area contributed by atoms with Crippen LogP contribution in [-0.4, -0.2) is 13.2 Å². The van der Waals surface area contributed by atoms with Crippen molar-refractivity contribution in [2.75, 3.05) is 13.2 Å². The van der Waals surface area contributed by atoms with E-state index in [9.17, 15) is 0 Å². The van der Waals surface area contributed by atoms with Crippen LogP contribution in [0.3, 0.4) is 0 Å². The van der Waals surface area contributed by atoms with Crippen molar-refractivity contribution in [2.24, 2.45) is 0 Å². The molecule has 0 saturated heterocycles. The first-order valence-electron chi connectivity index (χ1n) is 7.05. The van der Waals surface area contributed by atoms with Crippen molar-refractivity contribution in [1.82, 2.24) is 5.32 Å². The Morgan fingerprint density at radius 3 is 2.55 bits per heavy atom. The summed E-state index contributed by atoms with van der Waals surface area (Å²) in [5.41, 5.74) is 2.45. The van der Waals surface area contributed by atoms with Gasteiger partial charge in [0.2, 0.25) is 0 Å². The normalized spacial score (nSPS) is 10.1. The van der Waals surface area contributed by atoms with E-state index in [2.05, 4.69) is 39.4 Å². The van der Waals surface area contributed by atoms with Gasteiger partial charge >= 0.3 is 0 Å². The first kappa shape index (κ1) is 19.3. The van der Waals surface area contributed by atoms with Crippen molar-refractivity contribution >= 4 is 39.9 Å². The quantitative estimate of drug-likeness (QED) is 0.635. The van der Waals surface area contributed by atoms with Crippen molar-refractivity contribution in [3.05, 3.63) is 63.1 Å². The van der Waals surface area contributed by atoms with E-state index in [0.29, 0.717) is 6.61 Å². The standard InChI is InChI=1S/C17H19BrClNO.ClH/c1-2-21-17-8-5-15(18)11-14(17)12-20-10-9-13-3-6-16(19)7-4-13;/h3-8,11,20H,2,9-10,12H2,1H3;1H. The number of ether oxygens (including phenoxy) is 1. The molecule has 1 N–H and O–H groups in total. The Morgan fingerprint density at radius 2 is 1.86 bits per heavy atom. The largest absolute Gasteiger partial charge is 0.494 e. The number of halogens is 3. The highest BCUT2D eigenvalue weighted by atomic mass is 79.9. The molecule has 5 heteroatoms. The molecule has 0 spiro atoms. The van der Waals surface area contributed by atoms with E-state index >= 15 is 0 Å². The lowest BCUT2D eigenvalue weighted by Gasteiger charge is -2.11. The Kier molecular flexibility index (Phi) is 8.88. The zero-order valence-corrected chi connectivity index (χ0v) is 15.6. The Labute approximate surface area is 151 Å². The van der Waals surface area contributed by atoms with E-state index in [1.807, 2.05) is 31.2 Å². The van der Waals surface area contributed by atoms with Gasteiger partial charge in [-0.3, -0.25) is 0 Å². The fraction of sp³-hybridized carbons (Fsp3) is 0.294. The van der Waals surface area contributed by atoms with Gasteiger partial charge in [0.05, 0.1) is 6.61 Å². The smallest absolute Gasteiger partial charge is 0.123 e. The van der Waals surface area contributed by atoms with Crippen LogP contribution in [0.4, 0.5) is 0 Å². The van der Waals surface area contributed by atoms with E-state index in [1.54, 1.807) is 0 Å². The number of benzene rings is 2. The van der Waals surface area contributed by atoms with E-state index in [0.717, 1.165) is 34.8 Å². The van der Waals surface area contributed by atoms with Crippen molar-refractivity contribution in [3.63, 3.8) is 0 Å². The Bertz CT molecular complexity index is 575. The SMILES string of the molecule is CCOc1ccc(Br)cc1CNCCc1ccc(Cl)cc1.Cl. The molecule has 0 aromatic heterocycles. The molecule has 2 aromatic carbocycles. The molecule has 22 heavy (non-hydrogen) atoms. The maximum atomic E-state index is 5.88. The third kappa shape index (κ3) is 6.17. The van der Waals surface area contributed by atoms with Gasteiger partial charge in [-0.25, -0.2) is 0 Å². The maximum absolute atomic E-state index is 5.88. The van der Waals surface area contributed by atoms with Crippen LogP contribution in [-0.2, 0) is 13.0 Å². The fourth-order valence-electron chi connectivity index (χ4n) is 2.09. The highest BCUT2D eigenvalue weighted by Crippen LogP contribution is 2.23. The molecule has 0 amide bonds. The fourth-order valence-corrected chi connectivity index (χ4v) is 2.62. The van der Waals surface area contributed by atoms with Gasteiger partial charge < -0.3 is 10.1 Å². The average Bonchev–Trinajstić information content (AvgIpc) is 2.48. The second-order valence-electron chi connectivity index (χ2n) is 4.74. The van der Waals surface area contributed by atoms with Crippen molar-refractivity contribution in [1.29, 1.82) is 0 Å². The molecule has 0 unspecified atom stereocenters. The topological polar surface area (TPSA) is 21.3 Å². The summed E-state index contributed by atoms with van der Waals surface area (Å²) in [6.07, 6.45) is 0.981. The molecule has 0 heterocycles. The van der Waals surface area contributed by atoms with Crippen LogP contribution in [0.1, 0.15) is 18.1 Å². The van der Waals surface area contributed by atoms with Crippen molar-refractivity contribution in [2.45, 2.75) is 19.9 Å². The van der Waals surface area contributed by atoms with E-state index < -0.39 is 0 Å². The molecule has 0 radical (unpaired) electrons. The first-order chi connectivity index (χ1) is 10.2. The molecule has 0 bridgehead atoms. The molecule has 2 aromatic rings. The zero-order valence-electron chi connectivity index (χ0n) is 12.4. The summed E-state index contributed by atoms with van der Waals surface area (Å²) < 4.78 is 6.71.